The fourth-order valence-corrected chi connectivity index (χ4v) is 2.11. The van der Waals surface area contributed by atoms with Crippen LogP contribution in [0.5, 0.6) is 0 Å². The second kappa shape index (κ2) is 6.48. The van der Waals surface area contributed by atoms with E-state index in [1.165, 1.54) is 18.2 Å². The Hall–Kier alpha value is -1.94. The van der Waals surface area contributed by atoms with Gasteiger partial charge in [0.15, 0.2) is 0 Å². The number of hydrogen-bond acceptors (Lipinski definition) is 2. The van der Waals surface area contributed by atoms with Gasteiger partial charge in [-0.25, -0.2) is 4.98 Å². The van der Waals surface area contributed by atoms with E-state index < -0.39 is 11.9 Å². The Labute approximate surface area is 121 Å². The smallest absolute Gasteiger partial charge is 0.270 e. The maximum absolute atomic E-state index is 13.0. The number of pyridine rings is 1. The third kappa shape index (κ3) is 3.54. The van der Waals surface area contributed by atoms with Gasteiger partial charge in [-0.3, -0.25) is 4.79 Å². The molecule has 5 heteroatoms. The minimum absolute atomic E-state index is 0.0606. The van der Waals surface area contributed by atoms with Crippen LogP contribution in [0.4, 0.5) is 4.39 Å². The second-order valence-electron chi connectivity index (χ2n) is 4.33. The zero-order valence-corrected chi connectivity index (χ0v) is 11.7. The largest absolute Gasteiger partial charge is 0.344 e. The number of rotatable bonds is 4. The van der Waals surface area contributed by atoms with Crippen molar-refractivity contribution in [3.05, 3.63) is 64.7 Å². The summed E-state index contributed by atoms with van der Waals surface area (Å²) < 4.78 is 13.0. The summed E-state index contributed by atoms with van der Waals surface area (Å²) in [4.78, 5) is 15.6. The van der Waals surface area contributed by atoms with Gasteiger partial charge >= 0.3 is 0 Å². The quantitative estimate of drug-likeness (QED) is 0.872. The number of halogens is 2. The van der Waals surface area contributed by atoms with Gasteiger partial charge in [-0.2, -0.15) is 4.39 Å². The summed E-state index contributed by atoms with van der Waals surface area (Å²) in [5.41, 5.74) is 0.968. The number of carbonyl (C=O) groups excluding carboxylic acids is 1. The average Bonchev–Trinajstić information content (AvgIpc) is 2.44. The minimum Gasteiger partial charge on any atom is -0.344 e. The summed E-state index contributed by atoms with van der Waals surface area (Å²) in [6.45, 7) is 1.95. The lowest BCUT2D eigenvalue weighted by Crippen LogP contribution is -2.29. The number of hydrogen-bond donors (Lipinski definition) is 1. The van der Waals surface area contributed by atoms with Gasteiger partial charge in [0.05, 0.1) is 6.04 Å². The Kier molecular flexibility index (Phi) is 4.69. The van der Waals surface area contributed by atoms with Crippen LogP contribution < -0.4 is 5.32 Å². The molecule has 3 nitrogen and oxygen atoms in total. The summed E-state index contributed by atoms with van der Waals surface area (Å²) in [6, 6.07) is 11.2. The monoisotopic (exact) mass is 292 g/mol. The molecule has 104 valence electrons. The molecule has 1 aromatic heterocycles. The van der Waals surface area contributed by atoms with Gasteiger partial charge in [-0.05, 0) is 36.2 Å². The third-order valence-corrected chi connectivity index (χ3v) is 3.15. The van der Waals surface area contributed by atoms with Crippen molar-refractivity contribution in [2.75, 3.05) is 0 Å². The highest BCUT2D eigenvalue weighted by atomic mass is 35.5. The van der Waals surface area contributed by atoms with Gasteiger partial charge in [-0.15, -0.1) is 0 Å². The molecule has 0 saturated carbocycles. The number of aromatic nitrogens is 1. The molecule has 0 aliphatic heterocycles. The second-order valence-corrected chi connectivity index (χ2v) is 4.77. The predicted octanol–water partition coefficient (Wildman–Crippen LogP) is 3.76. The molecule has 1 N–H and O–H groups in total. The number of benzene rings is 1. The predicted molar refractivity (Wildman–Crippen MR) is 76.1 cm³/mol. The first-order chi connectivity index (χ1) is 9.60. The molecule has 0 aliphatic rings. The van der Waals surface area contributed by atoms with Gasteiger partial charge in [0.25, 0.3) is 5.91 Å². The highest BCUT2D eigenvalue weighted by molar-refractivity contribution is 6.30. The van der Waals surface area contributed by atoms with E-state index in [1.807, 2.05) is 19.1 Å². The topological polar surface area (TPSA) is 42.0 Å². The van der Waals surface area contributed by atoms with Gasteiger partial charge in [0.1, 0.15) is 5.69 Å². The van der Waals surface area contributed by atoms with Crippen molar-refractivity contribution < 1.29 is 9.18 Å². The highest BCUT2D eigenvalue weighted by Crippen LogP contribution is 2.20. The third-order valence-electron chi connectivity index (χ3n) is 2.91. The Morgan fingerprint density at radius 3 is 2.75 bits per heavy atom. The zero-order valence-electron chi connectivity index (χ0n) is 10.9. The van der Waals surface area contributed by atoms with Gasteiger partial charge < -0.3 is 5.32 Å². The van der Waals surface area contributed by atoms with Crippen LogP contribution in [0, 0.1) is 5.95 Å². The average molecular weight is 293 g/mol. The van der Waals surface area contributed by atoms with Crippen LogP contribution in [0.3, 0.4) is 0 Å². The minimum atomic E-state index is -0.673. The first kappa shape index (κ1) is 14.5. The number of amides is 1. The standard InChI is InChI=1S/C15H14ClFN2O/c1-2-12(10-5-3-6-11(16)9-10)19-15(20)13-7-4-8-14(17)18-13/h3-9,12H,2H2,1H3,(H,19,20). The molecule has 0 bridgehead atoms. The summed E-state index contributed by atoms with van der Waals surface area (Å²) in [5.74, 6) is -1.08. The van der Waals surface area contributed by atoms with Gasteiger partial charge in [0, 0.05) is 5.02 Å². The molecule has 2 aromatic rings. The molecule has 0 aliphatic carbocycles. The molecular weight excluding hydrogens is 279 g/mol. The van der Waals surface area contributed by atoms with Crippen molar-refractivity contribution in [3.63, 3.8) is 0 Å². The molecule has 0 spiro atoms. The molecule has 20 heavy (non-hydrogen) atoms. The summed E-state index contributed by atoms with van der Waals surface area (Å²) in [6.07, 6.45) is 0.696. The van der Waals surface area contributed by atoms with Crippen LogP contribution in [-0.2, 0) is 0 Å². The Balaban J connectivity index is 2.16. The molecule has 1 unspecified atom stereocenters. The van der Waals surface area contributed by atoms with E-state index >= 15 is 0 Å². The lowest BCUT2D eigenvalue weighted by atomic mass is 10.0. The molecule has 1 atom stereocenters. The molecule has 0 fully saturated rings. The SMILES string of the molecule is CCC(NC(=O)c1cccc(F)n1)c1cccc(Cl)c1. The fraction of sp³-hybridized carbons (Fsp3) is 0.200. The number of nitrogens with one attached hydrogen (secondary N) is 1. The fourth-order valence-electron chi connectivity index (χ4n) is 1.91. The maximum Gasteiger partial charge on any atom is 0.270 e. The van der Waals surface area contributed by atoms with Crippen LogP contribution in [-0.4, -0.2) is 10.9 Å². The summed E-state index contributed by atoms with van der Waals surface area (Å²) in [7, 11) is 0. The van der Waals surface area contributed by atoms with Crippen molar-refractivity contribution in [2.24, 2.45) is 0 Å². The Morgan fingerprint density at radius 1 is 1.35 bits per heavy atom. The maximum atomic E-state index is 13.0. The lowest BCUT2D eigenvalue weighted by Gasteiger charge is -2.17. The zero-order chi connectivity index (χ0) is 14.5. The van der Waals surface area contributed by atoms with E-state index in [-0.39, 0.29) is 11.7 Å². The van der Waals surface area contributed by atoms with Crippen molar-refractivity contribution in [2.45, 2.75) is 19.4 Å². The molecule has 1 amide bonds. The van der Waals surface area contributed by atoms with Gasteiger partial charge in [0.2, 0.25) is 5.95 Å². The molecule has 1 heterocycles. The van der Waals surface area contributed by atoms with Crippen molar-refractivity contribution >= 4 is 17.5 Å². The Bertz CT molecular complexity index is 618. The van der Waals surface area contributed by atoms with Crippen LogP contribution in [0.15, 0.2) is 42.5 Å². The van der Waals surface area contributed by atoms with E-state index in [9.17, 15) is 9.18 Å². The van der Waals surface area contributed by atoms with E-state index in [0.717, 1.165) is 5.56 Å². The number of nitrogens with zero attached hydrogens (tertiary/aromatic N) is 1. The van der Waals surface area contributed by atoms with Crippen LogP contribution in [0.1, 0.15) is 35.4 Å². The van der Waals surface area contributed by atoms with E-state index in [0.29, 0.717) is 11.4 Å². The normalized spacial score (nSPS) is 11.9. The van der Waals surface area contributed by atoms with Crippen LogP contribution >= 0.6 is 11.6 Å². The van der Waals surface area contributed by atoms with Crippen molar-refractivity contribution in [1.82, 2.24) is 10.3 Å². The highest BCUT2D eigenvalue weighted by Gasteiger charge is 2.15. The first-order valence-electron chi connectivity index (χ1n) is 6.29. The molecular formula is C15H14ClFN2O. The summed E-state index contributed by atoms with van der Waals surface area (Å²) >= 11 is 5.95. The molecule has 2 rings (SSSR count). The van der Waals surface area contributed by atoms with E-state index in [4.69, 9.17) is 11.6 Å². The molecule has 0 saturated heterocycles. The molecule has 0 radical (unpaired) electrons. The first-order valence-corrected chi connectivity index (χ1v) is 6.67. The molecule has 1 aromatic carbocycles. The van der Waals surface area contributed by atoms with Crippen molar-refractivity contribution in [3.8, 4) is 0 Å². The van der Waals surface area contributed by atoms with Crippen LogP contribution in [0.2, 0.25) is 5.02 Å². The number of carbonyl (C=O) groups is 1. The van der Waals surface area contributed by atoms with Gasteiger partial charge in [-0.1, -0.05) is 36.7 Å². The van der Waals surface area contributed by atoms with Crippen molar-refractivity contribution in [1.29, 1.82) is 0 Å². The lowest BCUT2D eigenvalue weighted by molar-refractivity contribution is 0.0929. The van der Waals surface area contributed by atoms with Crippen LogP contribution in [0.25, 0.3) is 0 Å². The summed E-state index contributed by atoms with van der Waals surface area (Å²) in [5, 5.41) is 3.44. The van der Waals surface area contributed by atoms with E-state index in [2.05, 4.69) is 10.3 Å². The van der Waals surface area contributed by atoms with E-state index in [1.54, 1.807) is 12.1 Å². The Morgan fingerprint density at radius 2 is 2.10 bits per heavy atom.